The summed E-state index contributed by atoms with van der Waals surface area (Å²) in [4.78, 5) is 14.6. The van der Waals surface area contributed by atoms with Gasteiger partial charge in [0.05, 0.1) is 0 Å². The third-order valence-electron chi connectivity index (χ3n) is 4.17. The molecular formula is C23H30F2N3O2P. The Morgan fingerprint density at radius 3 is 2.35 bits per heavy atom. The Morgan fingerprint density at radius 1 is 1.26 bits per heavy atom. The average molecular weight is 449 g/mol. The van der Waals surface area contributed by atoms with Crippen molar-refractivity contribution in [1.82, 2.24) is 4.98 Å². The number of hydrogen-bond donors (Lipinski definition) is 2. The molecule has 0 fully saturated rings. The van der Waals surface area contributed by atoms with E-state index in [2.05, 4.69) is 21.6 Å². The number of aromatic nitrogens is 1. The van der Waals surface area contributed by atoms with Crippen molar-refractivity contribution in [2.45, 2.75) is 52.3 Å². The molecule has 2 N–H and O–H groups in total. The molecule has 1 unspecified atom stereocenters. The molecule has 1 atom stereocenters. The van der Waals surface area contributed by atoms with Crippen LogP contribution in [0.3, 0.4) is 0 Å². The Labute approximate surface area is 185 Å². The number of alkyl halides is 2. The van der Waals surface area contributed by atoms with Crippen LogP contribution < -0.4 is 10.1 Å². The van der Waals surface area contributed by atoms with E-state index in [0.717, 1.165) is 24.0 Å². The topological polar surface area (TPSA) is 75.1 Å². The number of rotatable bonds is 10. The normalized spacial score (nSPS) is 10.5. The van der Waals surface area contributed by atoms with Gasteiger partial charge < -0.3 is 15.5 Å². The molecule has 1 heterocycles. The second-order valence-corrected chi connectivity index (χ2v) is 7.29. The van der Waals surface area contributed by atoms with Crippen LogP contribution in [0.25, 0.3) is 0 Å². The van der Waals surface area contributed by atoms with Gasteiger partial charge in [0.25, 0.3) is 0 Å². The number of hydrogen-bond acceptors (Lipinski definition) is 5. The number of anilines is 2. The Hall–Kier alpha value is -2.66. The highest BCUT2D eigenvalue weighted by molar-refractivity contribution is 7.17. The summed E-state index contributed by atoms with van der Waals surface area (Å²) in [5, 5.41) is 11.3. The number of nitrogens with zero attached hydrogens (tertiary/aromatic N) is 1. The van der Waals surface area contributed by atoms with Gasteiger partial charge in [-0.15, -0.1) is 0 Å². The molecule has 8 heteroatoms. The molecular weight excluding hydrogens is 419 g/mol. The number of halogens is 2. The van der Waals surface area contributed by atoms with Crippen LogP contribution in [-0.2, 0) is 11.2 Å². The lowest BCUT2D eigenvalue weighted by atomic mass is 10.0. The average Bonchev–Trinajstić information content (AvgIpc) is 2.74. The molecule has 1 aromatic carbocycles. The first kappa shape index (κ1) is 26.4. The molecule has 2 rings (SSSR count). The van der Waals surface area contributed by atoms with Gasteiger partial charge in [-0.2, -0.15) is 8.78 Å². The van der Waals surface area contributed by atoms with E-state index in [1.165, 1.54) is 27.4 Å². The zero-order valence-corrected chi connectivity index (χ0v) is 19.3. The van der Waals surface area contributed by atoms with Gasteiger partial charge in [0.2, 0.25) is 0 Å². The van der Waals surface area contributed by atoms with E-state index >= 15 is 0 Å². The molecule has 0 spiro atoms. The van der Waals surface area contributed by atoms with E-state index in [9.17, 15) is 13.6 Å². The number of benzene rings is 1. The Kier molecular flexibility index (Phi) is 11.0. The smallest absolute Gasteiger partial charge is 0.408 e. The van der Waals surface area contributed by atoms with Gasteiger partial charge in [-0.25, -0.2) is 4.98 Å². The summed E-state index contributed by atoms with van der Waals surface area (Å²) in [6.45, 7) is 9.26. The molecule has 0 radical (unpaired) electrons. The van der Waals surface area contributed by atoms with Crippen LogP contribution in [0.4, 0.5) is 20.3 Å². The lowest BCUT2D eigenvalue weighted by Gasteiger charge is -2.16. The monoisotopic (exact) mass is 449 g/mol. The predicted octanol–water partition coefficient (Wildman–Crippen LogP) is 6.51. The van der Waals surface area contributed by atoms with Gasteiger partial charge in [0.15, 0.2) is 5.78 Å². The maximum atomic E-state index is 12.8. The SMILES string of the molecule is C=CC(=O)CCC.CCC(=N)c1c(CC)ccnc1Nc1ccc(OC(F)(F)P)cc1. The number of carbonyl (C=O) groups excluding carboxylic acids is 1. The lowest BCUT2D eigenvalue weighted by molar-refractivity contribution is -0.114. The summed E-state index contributed by atoms with van der Waals surface area (Å²) in [7, 11) is 1.33. The number of ether oxygens (including phenoxy) is 1. The summed E-state index contributed by atoms with van der Waals surface area (Å²) in [5.74, 6) is -2.50. The van der Waals surface area contributed by atoms with Crippen LogP contribution in [0.15, 0.2) is 49.2 Å². The first-order valence-corrected chi connectivity index (χ1v) is 10.7. The van der Waals surface area contributed by atoms with Gasteiger partial charge in [-0.05, 0) is 70.5 Å². The molecule has 0 aliphatic carbocycles. The predicted molar refractivity (Wildman–Crippen MR) is 126 cm³/mol. The van der Waals surface area contributed by atoms with Crippen molar-refractivity contribution in [1.29, 1.82) is 5.41 Å². The number of nitrogens with one attached hydrogen (secondary N) is 2. The second kappa shape index (κ2) is 12.9. The molecule has 0 amide bonds. The van der Waals surface area contributed by atoms with Crippen molar-refractivity contribution in [2.75, 3.05) is 5.32 Å². The van der Waals surface area contributed by atoms with E-state index in [1.807, 2.05) is 26.8 Å². The molecule has 1 aromatic heterocycles. The Bertz CT molecular complexity index is 881. The number of pyridine rings is 1. The summed E-state index contributed by atoms with van der Waals surface area (Å²) in [6.07, 6.45) is 6.02. The summed E-state index contributed by atoms with van der Waals surface area (Å²) in [6, 6.07) is 8.07. The Morgan fingerprint density at radius 2 is 1.90 bits per heavy atom. The third kappa shape index (κ3) is 9.35. The zero-order valence-electron chi connectivity index (χ0n) is 18.2. The second-order valence-electron chi connectivity index (χ2n) is 6.61. The first-order valence-electron chi connectivity index (χ1n) is 10.1. The molecule has 0 saturated heterocycles. The molecule has 0 bridgehead atoms. The van der Waals surface area contributed by atoms with Crippen molar-refractivity contribution >= 4 is 32.2 Å². The lowest BCUT2D eigenvalue weighted by Crippen LogP contribution is -2.14. The highest BCUT2D eigenvalue weighted by Crippen LogP contribution is 2.29. The van der Waals surface area contributed by atoms with Gasteiger partial charge >= 0.3 is 5.85 Å². The van der Waals surface area contributed by atoms with E-state index in [0.29, 0.717) is 30.1 Å². The molecule has 0 aliphatic heterocycles. The number of aryl methyl sites for hydroxylation is 1. The minimum atomic E-state index is -3.30. The van der Waals surface area contributed by atoms with Crippen LogP contribution in [0.5, 0.6) is 5.75 Å². The molecule has 0 saturated carbocycles. The van der Waals surface area contributed by atoms with Crippen LogP contribution in [-0.4, -0.2) is 22.3 Å². The van der Waals surface area contributed by atoms with E-state index in [-0.39, 0.29) is 11.5 Å². The summed E-state index contributed by atoms with van der Waals surface area (Å²) < 4.78 is 30.1. The molecule has 31 heavy (non-hydrogen) atoms. The van der Waals surface area contributed by atoms with Crippen molar-refractivity contribution in [3.63, 3.8) is 0 Å². The molecule has 168 valence electrons. The van der Waals surface area contributed by atoms with Gasteiger partial charge in [0.1, 0.15) is 11.6 Å². The standard InChI is InChI=1S/C17H20F2N3OP.C6H10O/c1-3-11-9-10-21-16(15(11)14(20)4-2)22-12-5-7-13(8-6-12)23-17(18,19)24;1-3-5-6(7)4-2/h5-10,20H,3-4,24H2,1-2H3,(H,21,22);4H,2-3,5H2,1H3. The first-order chi connectivity index (χ1) is 14.6. The van der Waals surface area contributed by atoms with Gasteiger partial charge in [-0.1, -0.05) is 27.4 Å². The number of allylic oxidation sites excluding steroid dienone is 1. The third-order valence-corrected chi connectivity index (χ3v) is 4.29. The zero-order chi connectivity index (χ0) is 23.4. The van der Waals surface area contributed by atoms with Gasteiger partial charge in [-0.3, -0.25) is 4.79 Å². The fourth-order valence-corrected chi connectivity index (χ4v) is 2.79. The van der Waals surface area contributed by atoms with Crippen LogP contribution in [0, 0.1) is 5.41 Å². The quantitative estimate of drug-likeness (QED) is 0.246. The minimum absolute atomic E-state index is 0.0670. The van der Waals surface area contributed by atoms with E-state index in [1.54, 1.807) is 18.3 Å². The minimum Gasteiger partial charge on any atom is -0.430 e. The number of carbonyl (C=O) groups is 1. The van der Waals surface area contributed by atoms with E-state index in [4.69, 9.17) is 5.41 Å². The number of ketones is 1. The maximum Gasteiger partial charge on any atom is 0.408 e. The van der Waals surface area contributed by atoms with Crippen molar-refractivity contribution in [2.24, 2.45) is 0 Å². The van der Waals surface area contributed by atoms with Crippen LogP contribution >= 0.6 is 9.24 Å². The molecule has 0 aliphatic rings. The maximum absolute atomic E-state index is 12.8. The van der Waals surface area contributed by atoms with E-state index < -0.39 is 5.85 Å². The fraction of sp³-hybridized carbons (Fsp3) is 0.348. The van der Waals surface area contributed by atoms with Crippen LogP contribution in [0.1, 0.15) is 51.2 Å². The van der Waals surface area contributed by atoms with Crippen LogP contribution in [0.2, 0.25) is 0 Å². The van der Waals surface area contributed by atoms with Gasteiger partial charge in [0, 0.05) is 29.6 Å². The summed E-state index contributed by atoms with van der Waals surface area (Å²) >= 11 is 0. The largest absolute Gasteiger partial charge is 0.430 e. The van der Waals surface area contributed by atoms with Crippen molar-refractivity contribution in [3.05, 3.63) is 60.3 Å². The summed E-state index contributed by atoms with van der Waals surface area (Å²) in [5.41, 5.74) is 3.02. The molecule has 5 nitrogen and oxygen atoms in total. The highest BCUT2D eigenvalue weighted by Gasteiger charge is 2.23. The Balaban J connectivity index is 0.000000592. The van der Waals surface area contributed by atoms with Crippen molar-refractivity contribution < 1.29 is 18.3 Å². The van der Waals surface area contributed by atoms with Crippen molar-refractivity contribution in [3.8, 4) is 5.75 Å². The highest BCUT2D eigenvalue weighted by atomic mass is 31.0. The fourth-order valence-electron chi connectivity index (χ4n) is 2.65. The molecule has 2 aromatic rings.